The van der Waals surface area contributed by atoms with Crippen molar-refractivity contribution in [3.63, 3.8) is 0 Å². The molecule has 6 aromatic rings. The molecule has 1 fully saturated rings. The zero-order valence-corrected chi connectivity index (χ0v) is 28.3. The fourth-order valence-corrected chi connectivity index (χ4v) is 8.04. The van der Waals surface area contributed by atoms with Crippen molar-refractivity contribution in [1.29, 1.82) is 0 Å². The molecule has 4 nitrogen and oxygen atoms in total. The van der Waals surface area contributed by atoms with Gasteiger partial charge >= 0.3 is 0 Å². The number of ether oxygens (including phenoxy) is 1. The molecule has 0 bridgehead atoms. The van der Waals surface area contributed by atoms with Gasteiger partial charge in [0.2, 0.25) is 0 Å². The summed E-state index contributed by atoms with van der Waals surface area (Å²) in [7, 11) is 0. The Morgan fingerprint density at radius 2 is 1.20 bits per heavy atom. The maximum Gasteiger partial charge on any atom is 0.151 e. The first-order valence-electron chi connectivity index (χ1n) is 16.8. The van der Waals surface area contributed by atoms with Crippen LogP contribution in [0.1, 0.15) is 27.8 Å². The van der Waals surface area contributed by atoms with Gasteiger partial charge in [0.1, 0.15) is 12.4 Å². The molecule has 0 aliphatic carbocycles. The lowest BCUT2D eigenvalue weighted by Gasteiger charge is -2.43. The Morgan fingerprint density at radius 1 is 0.633 bits per heavy atom. The van der Waals surface area contributed by atoms with Crippen molar-refractivity contribution < 1.29 is 9.57 Å². The van der Waals surface area contributed by atoms with Crippen molar-refractivity contribution in [3.05, 3.63) is 198 Å². The second-order valence-corrected chi connectivity index (χ2v) is 13.5. The molecular weight excluding hydrogens is 621 g/mol. The molecule has 6 aromatic carbocycles. The van der Waals surface area contributed by atoms with Gasteiger partial charge in [-0.2, -0.15) is 0 Å². The number of rotatable bonds is 13. The van der Waals surface area contributed by atoms with Gasteiger partial charge in [-0.05, 0) is 63.6 Å². The van der Waals surface area contributed by atoms with Gasteiger partial charge in [-0.15, -0.1) is 11.8 Å². The van der Waals surface area contributed by atoms with E-state index in [0.717, 1.165) is 35.7 Å². The zero-order chi connectivity index (χ0) is 33.1. The van der Waals surface area contributed by atoms with Crippen LogP contribution >= 0.6 is 11.8 Å². The van der Waals surface area contributed by atoms with Crippen LogP contribution in [-0.2, 0) is 16.8 Å². The number of benzene rings is 6. The summed E-state index contributed by atoms with van der Waals surface area (Å²) in [6.45, 7) is 1.78. The van der Waals surface area contributed by atoms with E-state index in [2.05, 4.69) is 150 Å². The maximum absolute atomic E-state index is 5.96. The minimum atomic E-state index is -0.373. The monoisotopic (exact) mass is 660 g/mol. The summed E-state index contributed by atoms with van der Waals surface area (Å²) < 4.78 is 5.96. The fraction of sp³-hybridized carbons (Fsp3) is 0.159. The van der Waals surface area contributed by atoms with Crippen molar-refractivity contribution >= 4 is 18.0 Å². The normalized spacial score (nSPS) is 15.0. The molecule has 1 heterocycles. The average Bonchev–Trinajstić information content (AvgIpc) is 3.64. The first kappa shape index (κ1) is 32.4. The van der Waals surface area contributed by atoms with Gasteiger partial charge in [0.25, 0.3) is 0 Å². The van der Waals surface area contributed by atoms with Crippen LogP contribution in [0.2, 0.25) is 0 Å². The molecule has 0 aromatic heterocycles. The average molecular weight is 661 g/mol. The van der Waals surface area contributed by atoms with Crippen molar-refractivity contribution in [2.24, 2.45) is 5.16 Å². The zero-order valence-electron chi connectivity index (χ0n) is 27.5. The Balaban J connectivity index is 0.950. The molecule has 1 atom stereocenters. The van der Waals surface area contributed by atoms with E-state index < -0.39 is 0 Å². The van der Waals surface area contributed by atoms with E-state index in [1.807, 2.05) is 42.1 Å². The standard InChI is InChI=1S/C44H40N2O2S/c1-5-15-37(16-6-1)38-17-13-14-36(30-38)32-45-48-29-28-47-42-26-24-35(25-27-42)31-43-33-46(34-49-43)44(39-18-7-2-8-19-39,40-20-9-3-10-21-40)41-22-11-4-12-23-41/h1-27,30,32,43H,28-29,31,33-34H2. The van der Waals surface area contributed by atoms with Crippen molar-refractivity contribution in [2.45, 2.75) is 17.2 Å². The number of hydrogen-bond acceptors (Lipinski definition) is 5. The predicted molar refractivity (Wildman–Crippen MR) is 203 cm³/mol. The molecule has 1 aliphatic heterocycles. The van der Waals surface area contributed by atoms with Crippen LogP contribution in [-0.4, -0.2) is 42.0 Å². The predicted octanol–water partition coefficient (Wildman–Crippen LogP) is 9.69. The largest absolute Gasteiger partial charge is 0.490 e. The molecule has 49 heavy (non-hydrogen) atoms. The lowest BCUT2D eigenvalue weighted by molar-refractivity contribution is 0.108. The maximum atomic E-state index is 5.96. The highest BCUT2D eigenvalue weighted by Gasteiger charge is 2.45. The third-order valence-corrected chi connectivity index (χ3v) is 10.3. The smallest absolute Gasteiger partial charge is 0.151 e. The molecule has 5 heteroatoms. The number of oxime groups is 1. The number of nitrogens with zero attached hydrogens (tertiary/aromatic N) is 2. The summed E-state index contributed by atoms with van der Waals surface area (Å²) >= 11 is 2.04. The quantitative estimate of drug-likeness (QED) is 0.0535. The highest BCUT2D eigenvalue weighted by atomic mass is 32.2. The van der Waals surface area contributed by atoms with Crippen LogP contribution in [0.3, 0.4) is 0 Å². The van der Waals surface area contributed by atoms with E-state index >= 15 is 0 Å². The third-order valence-electron chi connectivity index (χ3n) is 9.04. The number of thioether (sulfide) groups is 1. The Bertz CT molecular complexity index is 1820. The summed E-state index contributed by atoms with van der Waals surface area (Å²) in [5.74, 6) is 1.79. The topological polar surface area (TPSA) is 34.1 Å². The first-order chi connectivity index (χ1) is 24.3. The first-order valence-corrected chi connectivity index (χ1v) is 17.9. The van der Waals surface area contributed by atoms with E-state index in [4.69, 9.17) is 9.57 Å². The summed E-state index contributed by atoms with van der Waals surface area (Å²) in [5, 5.41) is 4.62. The summed E-state index contributed by atoms with van der Waals surface area (Å²) in [4.78, 5) is 8.16. The van der Waals surface area contributed by atoms with Gasteiger partial charge in [0.05, 0.1) is 11.8 Å². The second kappa shape index (κ2) is 15.9. The Hall–Kier alpha value is -5.10. The van der Waals surface area contributed by atoms with E-state index in [0.29, 0.717) is 18.5 Å². The van der Waals surface area contributed by atoms with Crippen LogP contribution in [0.25, 0.3) is 11.1 Å². The molecule has 0 N–H and O–H groups in total. The molecule has 244 valence electrons. The molecule has 1 saturated heterocycles. The van der Waals surface area contributed by atoms with E-state index in [-0.39, 0.29) is 5.54 Å². The second-order valence-electron chi connectivity index (χ2n) is 12.2. The van der Waals surface area contributed by atoms with Gasteiger partial charge in [0, 0.05) is 17.7 Å². The summed E-state index contributed by atoms with van der Waals surface area (Å²) in [6.07, 6.45) is 2.74. The molecular formula is C44H40N2O2S. The fourth-order valence-electron chi connectivity index (χ4n) is 6.75. The Labute approximate surface area is 294 Å². The van der Waals surface area contributed by atoms with Gasteiger partial charge in [-0.25, -0.2) is 0 Å². The van der Waals surface area contributed by atoms with E-state index in [1.165, 1.54) is 27.8 Å². The van der Waals surface area contributed by atoms with E-state index in [1.54, 1.807) is 6.21 Å². The highest BCUT2D eigenvalue weighted by Crippen LogP contribution is 2.46. The van der Waals surface area contributed by atoms with Crippen molar-refractivity contribution in [2.75, 3.05) is 25.6 Å². The highest BCUT2D eigenvalue weighted by molar-refractivity contribution is 8.00. The van der Waals surface area contributed by atoms with Crippen molar-refractivity contribution in [1.82, 2.24) is 4.90 Å². The van der Waals surface area contributed by atoms with Crippen molar-refractivity contribution in [3.8, 4) is 16.9 Å². The Kier molecular flexibility index (Phi) is 10.5. The molecule has 0 spiro atoms. The molecule has 1 unspecified atom stereocenters. The minimum Gasteiger partial charge on any atom is -0.490 e. The van der Waals surface area contributed by atoms with Crippen LogP contribution in [0.15, 0.2) is 175 Å². The minimum absolute atomic E-state index is 0.372. The third kappa shape index (κ3) is 7.64. The lowest BCUT2D eigenvalue weighted by atomic mass is 9.75. The van der Waals surface area contributed by atoms with Crippen LogP contribution in [0.5, 0.6) is 5.75 Å². The van der Waals surface area contributed by atoms with Gasteiger partial charge in [-0.3, -0.25) is 4.90 Å². The number of hydrogen-bond donors (Lipinski definition) is 0. The lowest BCUT2D eigenvalue weighted by Crippen LogP contribution is -2.47. The molecule has 0 amide bonds. The Morgan fingerprint density at radius 3 is 1.82 bits per heavy atom. The summed E-state index contributed by atoms with van der Waals surface area (Å²) in [5.41, 5.74) is 8.15. The molecule has 0 saturated carbocycles. The van der Waals surface area contributed by atoms with Gasteiger partial charge in [-0.1, -0.05) is 157 Å². The van der Waals surface area contributed by atoms with Crippen LogP contribution < -0.4 is 4.74 Å². The van der Waals surface area contributed by atoms with Gasteiger partial charge < -0.3 is 9.57 Å². The van der Waals surface area contributed by atoms with Crippen LogP contribution in [0, 0.1) is 0 Å². The molecule has 7 rings (SSSR count). The van der Waals surface area contributed by atoms with Gasteiger partial charge in [0.15, 0.2) is 6.61 Å². The molecule has 1 aliphatic rings. The summed E-state index contributed by atoms with van der Waals surface area (Å²) in [6, 6.07) is 60.0. The van der Waals surface area contributed by atoms with E-state index in [9.17, 15) is 0 Å². The van der Waals surface area contributed by atoms with Crippen LogP contribution in [0.4, 0.5) is 0 Å². The molecule has 0 radical (unpaired) electrons. The SMILES string of the molecule is C(=NOCCOc1ccc(CC2CN(C(c3ccccc3)(c3ccccc3)c3ccccc3)CS2)cc1)c1cccc(-c2ccccc2)c1.